The summed E-state index contributed by atoms with van der Waals surface area (Å²) < 4.78 is 43.1. The van der Waals surface area contributed by atoms with Gasteiger partial charge in [-0.2, -0.15) is 0 Å². The second-order valence-corrected chi connectivity index (χ2v) is 11.0. The van der Waals surface area contributed by atoms with E-state index in [0.29, 0.717) is 12.8 Å². The minimum Gasteiger partial charge on any atom is -0.341 e. The number of para-hydroxylation sites is 1. The monoisotopic (exact) mass is 493 g/mol. The van der Waals surface area contributed by atoms with Gasteiger partial charge in [0.15, 0.2) is 0 Å². The Morgan fingerprint density at radius 3 is 2.40 bits per heavy atom. The number of fused-ring (bicyclic) bond motifs is 3. The van der Waals surface area contributed by atoms with E-state index in [4.69, 9.17) is 0 Å². The van der Waals surface area contributed by atoms with E-state index in [1.165, 1.54) is 22.5 Å². The largest absolute Gasteiger partial charge is 0.341 e. The van der Waals surface area contributed by atoms with Gasteiger partial charge in [-0.1, -0.05) is 36.4 Å². The first-order valence-electron chi connectivity index (χ1n) is 11.9. The van der Waals surface area contributed by atoms with Gasteiger partial charge in [-0.05, 0) is 50.1 Å². The quantitative estimate of drug-likeness (QED) is 0.405. The number of carbonyl (C=O) groups excluding carboxylic acids is 1. The zero-order valence-electron chi connectivity index (χ0n) is 19.6. The molecule has 0 bridgehead atoms. The van der Waals surface area contributed by atoms with Crippen molar-refractivity contribution < 1.29 is 17.6 Å². The maximum atomic E-state index is 13.9. The Labute approximate surface area is 204 Å². The van der Waals surface area contributed by atoms with Crippen LogP contribution in [0.5, 0.6) is 0 Å². The molecule has 3 aromatic carbocycles. The minimum absolute atomic E-state index is 0.102. The van der Waals surface area contributed by atoms with Crippen LogP contribution in [-0.2, 0) is 27.1 Å². The van der Waals surface area contributed by atoms with E-state index in [2.05, 4.69) is 28.9 Å². The van der Waals surface area contributed by atoms with Crippen LogP contribution in [0.2, 0.25) is 0 Å². The minimum atomic E-state index is -3.65. The van der Waals surface area contributed by atoms with Crippen molar-refractivity contribution in [3.63, 3.8) is 0 Å². The number of sulfonamides is 1. The summed E-state index contributed by atoms with van der Waals surface area (Å²) >= 11 is 0. The Bertz CT molecular complexity index is 1500. The summed E-state index contributed by atoms with van der Waals surface area (Å²) in [7, 11) is -3.65. The molecule has 4 aromatic rings. The third kappa shape index (κ3) is 4.56. The van der Waals surface area contributed by atoms with Crippen LogP contribution in [0.1, 0.15) is 25.3 Å². The highest BCUT2D eigenvalue weighted by atomic mass is 32.2. The van der Waals surface area contributed by atoms with Crippen LogP contribution >= 0.6 is 0 Å². The van der Waals surface area contributed by atoms with Gasteiger partial charge in [0.25, 0.3) is 0 Å². The Morgan fingerprint density at radius 2 is 1.66 bits per heavy atom. The van der Waals surface area contributed by atoms with Gasteiger partial charge in [-0.15, -0.1) is 0 Å². The molecular weight excluding hydrogens is 465 g/mol. The second-order valence-electron chi connectivity index (χ2n) is 9.00. The fraction of sp³-hybridized carbons (Fsp3) is 0.296. The molecule has 6 nitrogen and oxygen atoms in total. The Hall–Kier alpha value is -3.23. The van der Waals surface area contributed by atoms with Gasteiger partial charge in [-0.3, -0.25) is 4.79 Å². The topological polar surface area (TPSA) is 71.4 Å². The standard InChI is InChI=1S/C27H28FN3O3S/c1-2-31-25-10-6-4-8-22(25)23-17-21(11-12-26(23)31)29-27(32)19-13-15-30(16-14-19)35(33,34)18-20-7-3-5-9-24(20)28/h3-12,17,19H,2,13-16,18H2,1H3,(H,29,32). The summed E-state index contributed by atoms with van der Waals surface area (Å²) in [4.78, 5) is 13.0. The number of benzene rings is 3. The number of hydrogen-bond acceptors (Lipinski definition) is 3. The van der Waals surface area contributed by atoms with Gasteiger partial charge in [0.05, 0.1) is 5.75 Å². The first-order chi connectivity index (χ1) is 16.9. The van der Waals surface area contributed by atoms with E-state index in [0.717, 1.165) is 34.0 Å². The highest BCUT2D eigenvalue weighted by Crippen LogP contribution is 2.31. The van der Waals surface area contributed by atoms with E-state index < -0.39 is 15.8 Å². The van der Waals surface area contributed by atoms with Crippen LogP contribution in [0, 0.1) is 11.7 Å². The maximum Gasteiger partial charge on any atom is 0.227 e. The van der Waals surface area contributed by atoms with E-state index in [9.17, 15) is 17.6 Å². The number of anilines is 1. The SMILES string of the molecule is CCn1c2ccccc2c2cc(NC(=O)C3CCN(S(=O)(=O)Cc4ccccc4F)CC3)ccc21. The third-order valence-electron chi connectivity index (χ3n) is 6.87. The lowest BCUT2D eigenvalue weighted by molar-refractivity contribution is -0.120. The highest BCUT2D eigenvalue weighted by molar-refractivity contribution is 7.88. The molecule has 1 aromatic heterocycles. The summed E-state index contributed by atoms with van der Waals surface area (Å²) in [5, 5.41) is 5.27. The third-order valence-corrected chi connectivity index (χ3v) is 8.70. The average Bonchev–Trinajstić information content (AvgIpc) is 3.18. The van der Waals surface area contributed by atoms with Crippen LogP contribution < -0.4 is 5.32 Å². The van der Waals surface area contributed by atoms with E-state index in [1.54, 1.807) is 6.07 Å². The van der Waals surface area contributed by atoms with Crippen molar-refractivity contribution in [1.82, 2.24) is 8.87 Å². The summed E-state index contributed by atoms with van der Waals surface area (Å²) in [6.07, 6.45) is 0.861. The Kier molecular flexibility index (Phi) is 6.34. The van der Waals surface area contributed by atoms with Crippen LogP contribution in [0.25, 0.3) is 21.8 Å². The number of halogens is 1. The van der Waals surface area contributed by atoms with E-state index in [-0.39, 0.29) is 36.2 Å². The van der Waals surface area contributed by atoms with Crippen molar-refractivity contribution in [3.05, 3.63) is 78.1 Å². The van der Waals surface area contributed by atoms with Gasteiger partial charge >= 0.3 is 0 Å². The number of aryl methyl sites for hydroxylation is 1. The fourth-order valence-corrected chi connectivity index (χ4v) is 6.59. The molecule has 1 aliphatic heterocycles. The lowest BCUT2D eigenvalue weighted by atomic mass is 9.97. The van der Waals surface area contributed by atoms with Crippen LogP contribution in [0.4, 0.5) is 10.1 Å². The smallest absolute Gasteiger partial charge is 0.227 e. The molecule has 0 atom stereocenters. The molecule has 1 saturated heterocycles. The molecule has 0 aliphatic carbocycles. The lowest BCUT2D eigenvalue weighted by Gasteiger charge is -2.30. The van der Waals surface area contributed by atoms with Gasteiger partial charge in [0, 0.05) is 58.6 Å². The highest BCUT2D eigenvalue weighted by Gasteiger charge is 2.31. The van der Waals surface area contributed by atoms with Gasteiger partial charge in [0.2, 0.25) is 15.9 Å². The van der Waals surface area contributed by atoms with Gasteiger partial charge in [-0.25, -0.2) is 17.1 Å². The molecule has 182 valence electrons. The average molecular weight is 494 g/mol. The summed E-state index contributed by atoms with van der Waals surface area (Å²) in [5.41, 5.74) is 3.18. The second kappa shape index (κ2) is 9.43. The molecule has 0 unspecified atom stereocenters. The molecule has 5 rings (SSSR count). The Morgan fingerprint density at radius 1 is 0.971 bits per heavy atom. The number of hydrogen-bond donors (Lipinski definition) is 1. The summed E-state index contributed by atoms with van der Waals surface area (Å²) in [5.74, 6) is -1.27. The first-order valence-corrected chi connectivity index (χ1v) is 13.5. The van der Waals surface area contributed by atoms with Crippen LogP contribution in [0.15, 0.2) is 66.7 Å². The maximum absolute atomic E-state index is 13.9. The van der Waals surface area contributed by atoms with E-state index in [1.807, 2.05) is 30.3 Å². The molecule has 1 amide bonds. The predicted molar refractivity (Wildman–Crippen MR) is 137 cm³/mol. The summed E-state index contributed by atoms with van der Waals surface area (Å²) in [6, 6.07) is 20.1. The fourth-order valence-electron chi connectivity index (χ4n) is 5.02. The number of rotatable bonds is 6. The number of carbonyl (C=O) groups is 1. The summed E-state index contributed by atoms with van der Waals surface area (Å²) in [6.45, 7) is 3.47. The van der Waals surface area contributed by atoms with Crippen LogP contribution in [0.3, 0.4) is 0 Å². The molecule has 1 fully saturated rings. The predicted octanol–water partition coefficient (Wildman–Crippen LogP) is 5.13. The number of nitrogens with one attached hydrogen (secondary N) is 1. The first kappa shape index (κ1) is 23.5. The number of amides is 1. The molecule has 8 heteroatoms. The molecule has 2 heterocycles. The zero-order chi connectivity index (χ0) is 24.6. The molecule has 1 aliphatic rings. The molecule has 1 N–H and O–H groups in total. The Balaban J connectivity index is 1.26. The van der Waals surface area contributed by atoms with Crippen molar-refractivity contribution >= 4 is 43.4 Å². The number of aromatic nitrogens is 1. The van der Waals surface area contributed by atoms with Crippen molar-refractivity contribution in [2.75, 3.05) is 18.4 Å². The van der Waals surface area contributed by atoms with Gasteiger partial charge < -0.3 is 9.88 Å². The van der Waals surface area contributed by atoms with Crippen LogP contribution in [-0.4, -0.2) is 36.3 Å². The van der Waals surface area contributed by atoms with Crippen molar-refractivity contribution in [1.29, 1.82) is 0 Å². The van der Waals surface area contributed by atoms with Gasteiger partial charge in [0.1, 0.15) is 5.82 Å². The lowest BCUT2D eigenvalue weighted by Crippen LogP contribution is -2.42. The molecule has 0 radical (unpaired) electrons. The van der Waals surface area contributed by atoms with Crippen molar-refractivity contribution in [3.8, 4) is 0 Å². The molecule has 0 spiro atoms. The van der Waals surface area contributed by atoms with Crippen molar-refractivity contribution in [2.24, 2.45) is 5.92 Å². The zero-order valence-corrected chi connectivity index (χ0v) is 20.4. The molecule has 0 saturated carbocycles. The molecular formula is C27H28FN3O3S. The molecule has 35 heavy (non-hydrogen) atoms. The van der Waals surface area contributed by atoms with Crippen molar-refractivity contribution in [2.45, 2.75) is 32.1 Å². The van der Waals surface area contributed by atoms with E-state index >= 15 is 0 Å². The number of piperidine rings is 1. The number of nitrogens with zero attached hydrogens (tertiary/aromatic N) is 2. The normalized spacial score (nSPS) is 15.6.